The molecule has 0 bridgehead atoms. The zero-order chi connectivity index (χ0) is 22.2. The van der Waals surface area contributed by atoms with Gasteiger partial charge >= 0.3 is 0 Å². The summed E-state index contributed by atoms with van der Waals surface area (Å²) in [6.45, 7) is 7.41. The molecular weight excluding hydrogens is 402 g/mol. The van der Waals surface area contributed by atoms with Crippen molar-refractivity contribution in [2.75, 3.05) is 19.6 Å². The Morgan fingerprint density at radius 3 is 2.47 bits per heavy atom. The summed E-state index contributed by atoms with van der Waals surface area (Å²) in [4.78, 5) is 35.6. The van der Waals surface area contributed by atoms with Crippen LogP contribution < -0.4 is 5.56 Å². The molecule has 7 nitrogen and oxygen atoms in total. The zero-order valence-corrected chi connectivity index (χ0v) is 19.6. The van der Waals surface area contributed by atoms with Gasteiger partial charge in [-0.1, -0.05) is 19.3 Å². The first-order valence-electron chi connectivity index (χ1n) is 12.7. The van der Waals surface area contributed by atoms with E-state index in [1.165, 1.54) is 19.3 Å². The minimum absolute atomic E-state index is 0.0308. The molecule has 1 unspecified atom stereocenters. The van der Waals surface area contributed by atoms with Gasteiger partial charge in [0, 0.05) is 36.6 Å². The van der Waals surface area contributed by atoms with Crippen molar-refractivity contribution in [2.24, 2.45) is 5.92 Å². The molecule has 2 aromatic heterocycles. The van der Waals surface area contributed by atoms with Crippen molar-refractivity contribution in [3.05, 3.63) is 33.9 Å². The Morgan fingerprint density at radius 2 is 1.75 bits per heavy atom. The van der Waals surface area contributed by atoms with Crippen LogP contribution in [-0.2, 0) is 4.79 Å². The van der Waals surface area contributed by atoms with Gasteiger partial charge in [0.05, 0.1) is 17.4 Å². The Balaban J connectivity index is 1.37. The summed E-state index contributed by atoms with van der Waals surface area (Å²) in [5, 5.41) is 3.29. The number of likely N-dealkylation sites (tertiary alicyclic amines) is 2. The predicted octanol–water partition coefficient (Wildman–Crippen LogP) is 3.85. The fraction of sp³-hybridized carbons (Fsp3) is 0.720. The van der Waals surface area contributed by atoms with Crippen LogP contribution >= 0.6 is 0 Å². The molecule has 174 valence electrons. The third kappa shape index (κ3) is 4.12. The number of hydrogen-bond donors (Lipinski definition) is 1. The Bertz CT molecular complexity index is 1010. The second kappa shape index (κ2) is 9.00. The van der Waals surface area contributed by atoms with Crippen LogP contribution in [0.1, 0.15) is 95.0 Å². The summed E-state index contributed by atoms with van der Waals surface area (Å²) in [6.07, 6.45) is 9.68. The molecule has 3 aliphatic rings. The minimum Gasteiger partial charge on any atom is -0.334 e. The quantitative estimate of drug-likeness (QED) is 0.785. The monoisotopic (exact) mass is 439 g/mol. The van der Waals surface area contributed by atoms with E-state index in [9.17, 15) is 9.59 Å². The van der Waals surface area contributed by atoms with Crippen molar-refractivity contribution in [1.29, 1.82) is 0 Å². The molecule has 2 aliphatic heterocycles. The van der Waals surface area contributed by atoms with Crippen LogP contribution in [0.2, 0.25) is 0 Å². The van der Waals surface area contributed by atoms with Crippen LogP contribution in [0.3, 0.4) is 0 Å². The van der Waals surface area contributed by atoms with E-state index in [1.807, 2.05) is 6.07 Å². The van der Waals surface area contributed by atoms with Crippen molar-refractivity contribution >= 4 is 11.6 Å². The minimum atomic E-state index is -0.0503. The lowest BCUT2D eigenvalue weighted by Gasteiger charge is -2.34. The van der Waals surface area contributed by atoms with E-state index < -0.39 is 0 Å². The first-order valence-corrected chi connectivity index (χ1v) is 12.7. The van der Waals surface area contributed by atoms with Crippen molar-refractivity contribution in [3.63, 3.8) is 0 Å². The maximum Gasteiger partial charge on any atom is 0.272 e. The van der Waals surface area contributed by atoms with Crippen molar-refractivity contribution < 1.29 is 4.79 Å². The molecule has 5 rings (SSSR count). The average Bonchev–Trinajstić information content (AvgIpc) is 3.46. The zero-order valence-electron chi connectivity index (χ0n) is 19.6. The third-order valence-corrected chi connectivity index (χ3v) is 8.02. The SMILES string of the molecule is CC(C)N1CCC(c2cc(=O)n3[nH]c(C4CCCN4C(=O)C4CCCCC4)cc3n2)CC1. The predicted molar refractivity (Wildman–Crippen MR) is 125 cm³/mol. The van der Waals surface area contributed by atoms with E-state index in [0.717, 1.165) is 69.5 Å². The van der Waals surface area contributed by atoms with Gasteiger partial charge in [-0.2, -0.15) is 0 Å². The van der Waals surface area contributed by atoms with Crippen LogP contribution in [0.5, 0.6) is 0 Å². The van der Waals surface area contributed by atoms with E-state index in [-0.39, 0.29) is 17.5 Å². The standard InChI is InChI=1S/C25H37N5O2/c1-17(2)28-13-10-18(11-14-28)20-16-24(31)30-23(26-20)15-21(27-30)22-9-6-12-29(22)25(32)19-7-4-3-5-8-19/h15-19,22,27H,3-14H2,1-2H3. The maximum absolute atomic E-state index is 13.2. The van der Waals surface area contributed by atoms with E-state index >= 15 is 0 Å². The molecule has 0 spiro atoms. The summed E-state index contributed by atoms with van der Waals surface area (Å²) >= 11 is 0. The fourth-order valence-electron chi connectivity index (χ4n) is 6.06. The highest BCUT2D eigenvalue weighted by atomic mass is 16.2. The molecular formula is C25H37N5O2. The number of fused-ring (bicyclic) bond motifs is 1. The smallest absolute Gasteiger partial charge is 0.272 e. The second-order valence-corrected chi connectivity index (χ2v) is 10.4. The summed E-state index contributed by atoms with van der Waals surface area (Å²) in [5.41, 5.74) is 2.50. The van der Waals surface area contributed by atoms with Gasteiger partial charge < -0.3 is 9.80 Å². The Morgan fingerprint density at radius 1 is 1.00 bits per heavy atom. The largest absolute Gasteiger partial charge is 0.334 e. The number of carbonyl (C=O) groups excluding carboxylic acids is 1. The maximum atomic E-state index is 13.2. The summed E-state index contributed by atoms with van der Waals surface area (Å²) in [6, 6.07) is 4.31. The van der Waals surface area contributed by atoms with Gasteiger partial charge in [0.1, 0.15) is 0 Å². The van der Waals surface area contributed by atoms with Crippen LogP contribution in [-0.4, -0.2) is 56.0 Å². The van der Waals surface area contributed by atoms with E-state index in [2.05, 4.69) is 28.7 Å². The normalized spacial score (nSPS) is 24.1. The molecule has 1 aliphatic carbocycles. The van der Waals surface area contributed by atoms with Gasteiger partial charge in [0.25, 0.3) is 5.56 Å². The van der Waals surface area contributed by atoms with Crippen molar-refractivity contribution in [2.45, 2.75) is 89.6 Å². The van der Waals surface area contributed by atoms with Crippen LogP contribution in [0.15, 0.2) is 16.9 Å². The molecule has 32 heavy (non-hydrogen) atoms. The fourth-order valence-corrected chi connectivity index (χ4v) is 6.06. The molecule has 2 saturated heterocycles. The summed E-state index contributed by atoms with van der Waals surface area (Å²) < 4.78 is 1.56. The molecule has 1 saturated carbocycles. The highest BCUT2D eigenvalue weighted by molar-refractivity contribution is 5.79. The number of nitrogens with zero attached hydrogens (tertiary/aromatic N) is 4. The van der Waals surface area contributed by atoms with Crippen LogP contribution in [0.4, 0.5) is 0 Å². The lowest BCUT2D eigenvalue weighted by atomic mass is 9.88. The lowest BCUT2D eigenvalue weighted by Crippen LogP contribution is -2.38. The number of nitrogens with one attached hydrogen (secondary N) is 1. The van der Waals surface area contributed by atoms with E-state index in [1.54, 1.807) is 10.6 Å². The van der Waals surface area contributed by atoms with Gasteiger partial charge in [-0.05, 0) is 65.5 Å². The number of aromatic amines is 1. The van der Waals surface area contributed by atoms with Crippen LogP contribution in [0, 0.1) is 5.92 Å². The van der Waals surface area contributed by atoms with Crippen molar-refractivity contribution in [3.8, 4) is 0 Å². The summed E-state index contributed by atoms with van der Waals surface area (Å²) in [7, 11) is 0. The number of hydrogen-bond acceptors (Lipinski definition) is 4. The van der Waals surface area contributed by atoms with Gasteiger partial charge in [-0.15, -0.1) is 0 Å². The molecule has 4 heterocycles. The first-order chi connectivity index (χ1) is 15.5. The number of carbonyl (C=O) groups is 1. The molecule has 2 aromatic rings. The van der Waals surface area contributed by atoms with E-state index in [4.69, 9.17) is 4.98 Å². The first kappa shape index (κ1) is 21.7. The van der Waals surface area contributed by atoms with Gasteiger partial charge in [0.2, 0.25) is 5.91 Å². The Hall–Kier alpha value is -2.15. The highest BCUT2D eigenvalue weighted by Gasteiger charge is 2.35. The molecule has 1 atom stereocenters. The highest BCUT2D eigenvalue weighted by Crippen LogP contribution is 2.35. The molecule has 0 radical (unpaired) electrons. The molecule has 7 heteroatoms. The van der Waals surface area contributed by atoms with Crippen LogP contribution in [0.25, 0.3) is 5.65 Å². The van der Waals surface area contributed by atoms with E-state index in [0.29, 0.717) is 23.5 Å². The number of aromatic nitrogens is 3. The van der Waals surface area contributed by atoms with Gasteiger partial charge in [0.15, 0.2) is 5.65 Å². The molecule has 1 amide bonds. The Kier molecular flexibility index (Phi) is 6.10. The molecule has 0 aromatic carbocycles. The lowest BCUT2D eigenvalue weighted by molar-refractivity contribution is -0.137. The van der Waals surface area contributed by atoms with Crippen molar-refractivity contribution in [1.82, 2.24) is 24.4 Å². The topological polar surface area (TPSA) is 73.7 Å². The average molecular weight is 440 g/mol. The Labute approximate surface area is 190 Å². The second-order valence-electron chi connectivity index (χ2n) is 10.4. The molecule has 1 N–H and O–H groups in total. The van der Waals surface area contributed by atoms with Gasteiger partial charge in [-0.25, -0.2) is 9.50 Å². The van der Waals surface area contributed by atoms with Gasteiger partial charge in [-0.3, -0.25) is 14.7 Å². The number of amides is 1. The summed E-state index contributed by atoms with van der Waals surface area (Å²) in [5.74, 6) is 0.832. The number of H-pyrrole nitrogens is 1. The number of rotatable bonds is 4. The molecule has 3 fully saturated rings. The third-order valence-electron chi connectivity index (χ3n) is 8.02. The number of piperidine rings is 1.